The van der Waals surface area contributed by atoms with E-state index in [9.17, 15) is 0 Å². The summed E-state index contributed by atoms with van der Waals surface area (Å²) in [6, 6.07) is 5.54. The van der Waals surface area contributed by atoms with E-state index in [-0.39, 0.29) is 6.04 Å². The van der Waals surface area contributed by atoms with Crippen molar-refractivity contribution in [3.63, 3.8) is 0 Å². The molecule has 1 aromatic rings. The van der Waals surface area contributed by atoms with Gasteiger partial charge in [-0.15, -0.1) is 0 Å². The fourth-order valence-electron chi connectivity index (χ4n) is 2.77. The molecule has 100 valence electrons. The molecular weight excluding hydrogens is 224 g/mol. The first-order valence-electron chi connectivity index (χ1n) is 6.69. The molecular formula is C14H24N4. The summed E-state index contributed by atoms with van der Waals surface area (Å²) >= 11 is 0. The van der Waals surface area contributed by atoms with Gasteiger partial charge in [-0.3, -0.25) is 14.8 Å². The standard InChI is InChI=1S/C14H24N4/c1-11-9-18(10-12(2)17(11)3)14(7-15)13-5-4-6-16-8-13/h4-6,8,11-12,14H,7,9-10,15H2,1-3H3. The second kappa shape index (κ2) is 5.78. The molecule has 1 aliphatic rings. The van der Waals surface area contributed by atoms with Crippen LogP contribution in [0.1, 0.15) is 25.5 Å². The maximum Gasteiger partial charge on any atom is 0.0487 e. The molecule has 0 bridgehead atoms. The largest absolute Gasteiger partial charge is 0.329 e. The molecule has 0 aromatic carbocycles. The van der Waals surface area contributed by atoms with Gasteiger partial charge in [-0.05, 0) is 32.5 Å². The molecule has 4 heteroatoms. The van der Waals surface area contributed by atoms with Crippen molar-refractivity contribution in [1.82, 2.24) is 14.8 Å². The molecule has 1 aliphatic heterocycles. The maximum absolute atomic E-state index is 5.98. The Morgan fingerprint density at radius 1 is 1.39 bits per heavy atom. The van der Waals surface area contributed by atoms with Crippen molar-refractivity contribution >= 4 is 0 Å². The molecule has 0 saturated carbocycles. The molecule has 18 heavy (non-hydrogen) atoms. The highest BCUT2D eigenvalue weighted by Crippen LogP contribution is 2.24. The first-order valence-corrected chi connectivity index (χ1v) is 6.69. The summed E-state index contributed by atoms with van der Waals surface area (Å²) in [6.07, 6.45) is 3.75. The number of pyridine rings is 1. The van der Waals surface area contributed by atoms with Crippen LogP contribution in [0.15, 0.2) is 24.5 Å². The lowest BCUT2D eigenvalue weighted by molar-refractivity contribution is 0.0351. The number of nitrogens with zero attached hydrogens (tertiary/aromatic N) is 3. The van der Waals surface area contributed by atoms with Gasteiger partial charge in [-0.2, -0.15) is 0 Å². The van der Waals surface area contributed by atoms with Crippen LogP contribution in [-0.4, -0.2) is 53.5 Å². The monoisotopic (exact) mass is 248 g/mol. The minimum absolute atomic E-state index is 0.289. The highest BCUT2D eigenvalue weighted by Gasteiger charge is 2.30. The Morgan fingerprint density at radius 2 is 2.06 bits per heavy atom. The minimum Gasteiger partial charge on any atom is -0.329 e. The van der Waals surface area contributed by atoms with E-state index in [1.165, 1.54) is 5.56 Å². The van der Waals surface area contributed by atoms with Gasteiger partial charge in [0.1, 0.15) is 0 Å². The summed E-state index contributed by atoms with van der Waals surface area (Å²) < 4.78 is 0. The molecule has 2 N–H and O–H groups in total. The van der Waals surface area contributed by atoms with Crippen LogP contribution in [0.2, 0.25) is 0 Å². The van der Waals surface area contributed by atoms with Crippen molar-refractivity contribution in [3.8, 4) is 0 Å². The second-order valence-corrected chi connectivity index (χ2v) is 5.36. The van der Waals surface area contributed by atoms with Gasteiger partial charge in [0.05, 0.1) is 0 Å². The van der Waals surface area contributed by atoms with Gasteiger partial charge in [-0.1, -0.05) is 6.07 Å². The minimum atomic E-state index is 0.289. The summed E-state index contributed by atoms with van der Waals surface area (Å²) in [5.41, 5.74) is 7.20. The quantitative estimate of drug-likeness (QED) is 0.870. The molecule has 2 rings (SSSR count). The highest BCUT2D eigenvalue weighted by molar-refractivity contribution is 5.15. The predicted octanol–water partition coefficient (Wildman–Crippen LogP) is 1.11. The van der Waals surface area contributed by atoms with E-state index in [1.807, 2.05) is 18.5 Å². The van der Waals surface area contributed by atoms with E-state index in [0.29, 0.717) is 18.6 Å². The van der Waals surface area contributed by atoms with Gasteiger partial charge < -0.3 is 5.73 Å². The Bertz CT molecular complexity index is 355. The number of nitrogens with two attached hydrogens (primary N) is 1. The number of hydrogen-bond donors (Lipinski definition) is 1. The Kier molecular flexibility index (Phi) is 4.32. The van der Waals surface area contributed by atoms with Crippen LogP contribution in [0.3, 0.4) is 0 Å². The Hall–Kier alpha value is -0.970. The van der Waals surface area contributed by atoms with Crippen molar-refractivity contribution in [2.75, 3.05) is 26.7 Å². The van der Waals surface area contributed by atoms with Gasteiger partial charge in [0.2, 0.25) is 0 Å². The normalized spacial score (nSPS) is 28.2. The Balaban J connectivity index is 2.14. The number of piperazine rings is 1. The third-order valence-electron chi connectivity index (χ3n) is 4.12. The smallest absolute Gasteiger partial charge is 0.0487 e. The topological polar surface area (TPSA) is 45.4 Å². The zero-order valence-corrected chi connectivity index (χ0v) is 11.6. The molecule has 3 atom stereocenters. The molecule has 0 aliphatic carbocycles. The van der Waals surface area contributed by atoms with Crippen LogP contribution < -0.4 is 5.73 Å². The number of aromatic nitrogens is 1. The van der Waals surface area contributed by atoms with E-state index >= 15 is 0 Å². The number of likely N-dealkylation sites (N-methyl/N-ethyl adjacent to an activating group) is 1. The van der Waals surface area contributed by atoms with Crippen LogP contribution >= 0.6 is 0 Å². The molecule has 0 amide bonds. The van der Waals surface area contributed by atoms with E-state index < -0.39 is 0 Å². The van der Waals surface area contributed by atoms with Gasteiger partial charge in [0.25, 0.3) is 0 Å². The zero-order valence-electron chi connectivity index (χ0n) is 11.6. The van der Waals surface area contributed by atoms with E-state index in [4.69, 9.17) is 5.73 Å². The molecule has 0 spiro atoms. The van der Waals surface area contributed by atoms with Gasteiger partial charge in [0.15, 0.2) is 0 Å². The lowest BCUT2D eigenvalue weighted by Crippen LogP contribution is -2.56. The fourth-order valence-corrected chi connectivity index (χ4v) is 2.77. The number of rotatable bonds is 3. The van der Waals surface area contributed by atoms with Crippen molar-refractivity contribution in [2.24, 2.45) is 5.73 Å². The van der Waals surface area contributed by atoms with Crippen LogP contribution in [0, 0.1) is 0 Å². The van der Waals surface area contributed by atoms with Crippen molar-refractivity contribution in [3.05, 3.63) is 30.1 Å². The molecule has 1 aromatic heterocycles. The van der Waals surface area contributed by atoms with Gasteiger partial charge >= 0.3 is 0 Å². The average molecular weight is 248 g/mol. The van der Waals surface area contributed by atoms with Gasteiger partial charge in [0, 0.05) is 50.2 Å². The van der Waals surface area contributed by atoms with E-state index in [2.05, 4.69) is 41.7 Å². The first-order chi connectivity index (χ1) is 8.63. The zero-order chi connectivity index (χ0) is 13.1. The van der Waals surface area contributed by atoms with Gasteiger partial charge in [-0.25, -0.2) is 0 Å². The summed E-state index contributed by atoms with van der Waals surface area (Å²) in [4.78, 5) is 9.14. The number of hydrogen-bond acceptors (Lipinski definition) is 4. The molecule has 3 unspecified atom stereocenters. The SMILES string of the molecule is CC1CN(C(CN)c2cccnc2)CC(C)N1C. The van der Waals surface area contributed by atoms with E-state index in [1.54, 1.807) is 0 Å². The summed E-state index contributed by atoms with van der Waals surface area (Å²) in [7, 11) is 2.20. The maximum atomic E-state index is 5.98. The third-order valence-corrected chi connectivity index (χ3v) is 4.12. The lowest BCUT2D eigenvalue weighted by atomic mass is 10.0. The molecule has 1 fully saturated rings. The molecule has 4 nitrogen and oxygen atoms in total. The van der Waals surface area contributed by atoms with Crippen LogP contribution in [-0.2, 0) is 0 Å². The van der Waals surface area contributed by atoms with E-state index in [0.717, 1.165) is 13.1 Å². The lowest BCUT2D eigenvalue weighted by Gasteiger charge is -2.45. The molecule has 1 saturated heterocycles. The first kappa shape index (κ1) is 13.5. The van der Waals surface area contributed by atoms with Crippen LogP contribution in [0.4, 0.5) is 0 Å². The van der Waals surface area contributed by atoms with Crippen molar-refractivity contribution in [1.29, 1.82) is 0 Å². The fraction of sp³-hybridized carbons (Fsp3) is 0.643. The van der Waals surface area contributed by atoms with Crippen molar-refractivity contribution in [2.45, 2.75) is 32.0 Å². The summed E-state index contributed by atoms with van der Waals surface area (Å²) in [5.74, 6) is 0. The third kappa shape index (κ3) is 2.71. The molecule has 0 radical (unpaired) electrons. The second-order valence-electron chi connectivity index (χ2n) is 5.36. The predicted molar refractivity (Wildman–Crippen MR) is 74.3 cm³/mol. The Labute approximate surface area is 110 Å². The van der Waals surface area contributed by atoms with Crippen LogP contribution in [0.25, 0.3) is 0 Å². The summed E-state index contributed by atoms with van der Waals surface area (Å²) in [6.45, 7) is 7.34. The molecule has 2 heterocycles. The Morgan fingerprint density at radius 3 is 2.56 bits per heavy atom. The summed E-state index contributed by atoms with van der Waals surface area (Å²) in [5, 5.41) is 0. The highest BCUT2D eigenvalue weighted by atomic mass is 15.3. The van der Waals surface area contributed by atoms with Crippen molar-refractivity contribution < 1.29 is 0 Å². The average Bonchev–Trinajstić information content (AvgIpc) is 2.38. The van der Waals surface area contributed by atoms with Crippen LogP contribution in [0.5, 0.6) is 0 Å².